The first-order valence-electron chi connectivity index (χ1n) is 8.43. The van der Waals surface area contributed by atoms with Gasteiger partial charge in [0.05, 0.1) is 0 Å². The third-order valence-electron chi connectivity index (χ3n) is 4.56. The minimum Gasteiger partial charge on any atom is -0.339 e. The second kappa shape index (κ2) is 6.10. The van der Waals surface area contributed by atoms with E-state index in [2.05, 4.69) is 65.4 Å². The molecule has 3 N–H and O–H groups in total. The van der Waals surface area contributed by atoms with E-state index in [1.54, 1.807) is 0 Å². The number of nitrogens with two attached hydrogens (primary N) is 1. The number of pyridine rings is 1. The van der Waals surface area contributed by atoms with Crippen LogP contribution in [0.15, 0.2) is 54.7 Å². The van der Waals surface area contributed by atoms with Crippen LogP contribution in [0.25, 0.3) is 33.1 Å². The number of hydrogen-bond acceptors (Lipinski definition) is 2. The number of aromatic amines is 1. The van der Waals surface area contributed by atoms with E-state index in [-0.39, 0.29) is 0 Å². The standard InChI is InChI=1S/C21H21N3/c1-14-7-8-19-18(12-14)20-17(9-11-23-21(20)24-19)16-6-2-4-15(13-16)5-3-10-22/h2,4,6-9,11-13H,3,5,10,22H2,1H3,(H,23,24). The number of aryl methyl sites for hydroxylation is 2. The first-order chi connectivity index (χ1) is 11.8. The molecule has 120 valence electrons. The predicted octanol–water partition coefficient (Wildman–Crippen LogP) is 4.58. The Bertz CT molecular complexity index is 1010. The van der Waals surface area contributed by atoms with E-state index in [1.807, 2.05) is 6.20 Å². The molecule has 4 rings (SSSR count). The molecular formula is C21H21N3. The van der Waals surface area contributed by atoms with Gasteiger partial charge in [-0.15, -0.1) is 0 Å². The Morgan fingerprint density at radius 1 is 1.08 bits per heavy atom. The molecule has 4 aromatic rings. The molecule has 0 aliphatic rings. The van der Waals surface area contributed by atoms with E-state index in [1.165, 1.54) is 33.0 Å². The van der Waals surface area contributed by atoms with Crippen LogP contribution in [0.1, 0.15) is 17.5 Å². The van der Waals surface area contributed by atoms with Crippen molar-refractivity contribution in [2.45, 2.75) is 19.8 Å². The second-order valence-electron chi connectivity index (χ2n) is 6.35. The van der Waals surface area contributed by atoms with Gasteiger partial charge in [-0.2, -0.15) is 0 Å². The third kappa shape index (κ3) is 2.57. The Hall–Kier alpha value is -2.65. The molecule has 0 spiro atoms. The van der Waals surface area contributed by atoms with Crippen molar-refractivity contribution < 1.29 is 0 Å². The van der Waals surface area contributed by atoms with Crippen molar-refractivity contribution in [3.63, 3.8) is 0 Å². The number of H-pyrrole nitrogens is 1. The highest BCUT2D eigenvalue weighted by Crippen LogP contribution is 2.34. The van der Waals surface area contributed by atoms with Crippen LogP contribution < -0.4 is 5.73 Å². The summed E-state index contributed by atoms with van der Waals surface area (Å²) in [6.07, 6.45) is 3.92. The SMILES string of the molecule is Cc1ccc2[nH]c3nccc(-c4cccc(CCCN)c4)c3c2c1. The molecule has 0 saturated heterocycles. The summed E-state index contributed by atoms with van der Waals surface area (Å²) < 4.78 is 0. The van der Waals surface area contributed by atoms with E-state index in [4.69, 9.17) is 5.73 Å². The zero-order chi connectivity index (χ0) is 16.5. The molecule has 3 heteroatoms. The van der Waals surface area contributed by atoms with Crippen LogP contribution in [0.2, 0.25) is 0 Å². The van der Waals surface area contributed by atoms with Crippen molar-refractivity contribution >= 4 is 21.9 Å². The minimum absolute atomic E-state index is 0.728. The van der Waals surface area contributed by atoms with Gasteiger partial charge in [-0.1, -0.05) is 35.9 Å². The highest BCUT2D eigenvalue weighted by atomic mass is 14.8. The fourth-order valence-electron chi connectivity index (χ4n) is 3.37. The van der Waals surface area contributed by atoms with Crippen LogP contribution in [-0.4, -0.2) is 16.5 Å². The molecule has 0 atom stereocenters. The summed E-state index contributed by atoms with van der Waals surface area (Å²) in [7, 11) is 0. The van der Waals surface area contributed by atoms with Crippen molar-refractivity contribution in [3.8, 4) is 11.1 Å². The molecule has 2 aromatic carbocycles. The van der Waals surface area contributed by atoms with Crippen molar-refractivity contribution in [1.29, 1.82) is 0 Å². The van der Waals surface area contributed by atoms with E-state index in [0.29, 0.717) is 0 Å². The number of nitrogens with one attached hydrogen (secondary N) is 1. The lowest BCUT2D eigenvalue weighted by Gasteiger charge is -2.07. The Morgan fingerprint density at radius 2 is 2.00 bits per heavy atom. The van der Waals surface area contributed by atoms with Gasteiger partial charge in [-0.05, 0) is 61.2 Å². The molecular weight excluding hydrogens is 294 g/mol. The second-order valence-corrected chi connectivity index (χ2v) is 6.35. The van der Waals surface area contributed by atoms with Crippen molar-refractivity contribution in [2.24, 2.45) is 5.73 Å². The summed E-state index contributed by atoms with van der Waals surface area (Å²) in [5.74, 6) is 0. The van der Waals surface area contributed by atoms with Crippen LogP contribution in [0.3, 0.4) is 0 Å². The molecule has 3 nitrogen and oxygen atoms in total. The summed E-state index contributed by atoms with van der Waals surface area (Å²) in [6, 6.07) is 17.4. The molecule has 24 heavy (non-hydrogen) atoms. The maximum Gasteiger partial charge on any atom is 0.138 e. The van der Waals surface area contributed by atoms with Gasteiger partial charge in [0.15, 0.2) is 0 Å². The van der Waals surface area contributed by atoms with Gasteiger partial charge in [-0.3, -0.25) is 0 Å². The summed E-state index contributed by atoms with van der Waals surface area (Å²) in [5, 5.41) is 2.44. The zero-order valence-electron chi connectivity index (χ0n) is 13.8. The van der Waals surface area contributed by atoms with Gasteiger partial charge in [-0.25, -0.2) is 4.98 Å². The van der Waals surface area contributed by atoms with Crippen molar-refractivity contribution in [1.82, 2.24) is 9.97 Å². The predicted molar refractivity (Wildman–Crippen MR) is 101 cm³/mol. The average Bonchev–Trinajstić information content (AvgIpc) is 2.98. The molecule has 0 radical (unpaired) electrons. The van der Waals surface area contributed by atoms with Crippen LogP contribution in [0.5, 0.6) is 0 Å². The quantitative estimate of drug-likeness (QED) is 0.579. The average molecular weight is 315 g/mol. The summed E-state index contributed by atoms with van der Waals surface area (Å²) in [6.45, 7) is 2.85. The monoisotopic (exact) mass is 315 g/mol. The molecule has 0 aliphatic carbocycles. The summed E-state index contributed by atoms with van der Waals surface area (Å²) in [5.41, 5.74) is 12.8. The van der Waals surface area contributed by atoms with Gasteiger partial charge in [0, 0.05) is 22.5 Å². The fourth-order valence-corrected chi connectivity index (χ4v) is 3.37. The Balaban J connectivity index is 1.93. The number of benzene rings is 2. The largest absolute Gasteiger partial charge is 0.339 e. The maximum atomic E-state index is 5.65. The highest BCUT2D eigenvalue weighted by Gasteiger charge is 2.11. The first-order valence-corrected chi connectivity index (χ1v) is 8.43. The topological polar surface area (TPSA) is 54.7 Å². The lowest BCUT2D eigenvalue weighted by molar-refractivity contribution is 0.833. The molecule has 0 amide bonds. The zero-order valence-corrected chi connectivity index (χ0v) is 13.8. The Labute approximate surface area is 141 Å². The van der Waals surface area contributed by atoms with Gasteiger partial charge < -0.3 is 10.7 Å². The summed E-state index contributed by atoms with van der Waals surface area (Å²) >= 11 is 0. The smallest absolute Gasteiger partial charge is 0.138 e. The van der Waals surface area contributed by atoms with E-state index in [0.717, 1.165) is 30.6 Å². The molecule has 0 fully saturated rings. The van der Waals surface area contributed by atoms with Gasteiger partial charge in [0.25, 0.3) is 0 Å². The number of hydrogen-bond donors (Lipinski definition) is 2. The van der Waals surface area contributed by atoms with E-state index >= 15 is 0 Å². The van der Waals surface area contributed by atoms with Crippen molar-refractivity contribution in [2.75, 3.05) is 6.54 Å². The number of fused-ring (bicyclic) bond motifs is 3. The molecule has 0 aliphatic heterocycles. The lowest BCUT2D eigenvalue weighted by Crippen LogP contribution is -2.00. The van der Waals surface area contributed by atoms with Crippen LogP contribution in [-0.2, 0) is 6.42 Å². The number of rotatable bonds is 4. The molecule has 2 aromatic heterocycles. The lowest BCUT2D eigenvalue weighted by atomic mass is 9.98. The van der Waals surface area contributed by atoms with E-state index in [9.17, 15) is 0 Å². The molecule has 0 saturated carbocycles. The van der Waals surface area contributed by atoms with Crippen LogP contribution >= 0.6 is 0 Å². The summed E-state index contributed by atoms with van der Waals surface area (Å²) in [4.78, 5) is 7.97. The fraction of sp³-hybridized carbons (Fsp3) is 0.190. The number of nitrogens with zero attached hydrogens (tertiary/aromatic N) is 1. The molecule has 2 heterocycles. The third-order valence-corrected chi connectivity index (χ3v) is 4.56. The van der Waals surface area contributed by atoms with Gasteiger partial charge in [0.2, 0.25) is 0 Å². The van der Waals surface area contributed by atoms with Crippen molar-refractivity contribution in [3.05, 3.63) is 65.9 Å². The molecule has 0 bridgehead atoms. The maximum absolute atomic E-state index is 5.65. The minimum atomic E-state index is 0.728. The number of aromatic nitrogens is 2. The Morgan fingerprint density at radius 3 is 2.88 bits per heavy atom. The Kier molecular flexibility index (Phi) is 3.79. The van der Waals surface area contributed by atoms with Gasteiger partial charge in [0.1, 0.15) is 5.65 Å². The van der Waals surface area contributed by atoms with E-state index < -0.39 is 0 Å². The first kappa shape index (κ1) is 14.9. The highest BCUT2D eigenvalue weighted by molar-refractivity contribution is 6.13. The normalized spacial score (nSPS) is 11.4. The molecule has 0 unspecified atom stereocenters. The van der Waals surface area contributed by atoms with Gasteiger partial charge >= 0.3 is 0 Å². The van der Waals surface area contributed by atoms with Crippen LogP contribution in [0, 0.1) is 6.92 Å². The van der Waals surface area contributed by atoms with Crippen LogP contribution in [0.4, 0.5) is 0 Å².